The predicted molar refractivity (Wildman–Crippen MR) is 136 cm³/mol. The Kier molecular flexibility index (Phi) is 6.27. The molecule has 2 heterocycles. The van der Waals surface area contributed by atoms with Crippen LogP contribution in [-0.2, 0) is 17.8 Å². The molecule has 168 valence electrons. The first-order valence-corrected chi connectivity index (χ1v) is 11.9. The lowest BCUT2D eigenvalue weighted by Crippen LogP contribution is -2.24. The molecule has 5 aromatic rings. The minimum atomic E-state index is -0.250. The highest BCUT2D eigenvalue weighted by Crippen LogP contribution is 2.28. The third-order valence-corrected chi connectivity index (χ3v) is 6.41. The molecule has 0 fully saturated rings. The van der Waals surface area contributed by atoms with Gasteiger partial charge in [-0.25, -0.2) is 9.97 Å². The molecule has 0 aliphatic rings. The number of amides is 1. The lowest BCUT2D eigenvalue weighted by molar-refractivity contribution is -0.121. The second-order valence-electron chi connectivity index (χ2n) is 7.91. The van der Waals surface area contributed by atoms with Gasteiger partial charge in [-0.05, 0) is 17.7 Å². The molecule has 0 bridgehead atoms. The Morgan fingerprint density at radius 1 is 0.882 bits per heavy atom. The normalized spacial score (nSPS) is 10.9. The third kappa shape index (κ3) is 4.94. The molecule has 7 heteroatoms. The van der Waals surface area contributed by atoms with E-state index in [2.05, 4.69) is 32.8 Å². The maximum absolute atomic E-state index is 12.3. The molecular formula is C27H22N4O2S. The number of aromatic amines is 1. The van der Waals surface area contributed by atoms with Crippen LogP contribution in [0.4, 0.5) is 0 Å². The quantitative estimate of drug-likeness (QED) is 0.355. The number of thiazole rings is 1. The van der Waals surface area contributed by atoms with Gasteiger partial charge in [0.05, 0.1) is 16.7 Å². The van der Waals surface area contributed by atoms with Crippen molar-refractivity contribution in [1.82, 2.24) is 20.3 Å². The molecule has 2 N–H and O–H groups in total. The maximum Gasteiger partial charge on any atom is 0.270 e. The van der Waals surface area contributed by atoms with Gasteiger partial charge in [-0.3, -0.25) is 9.59 Å². The van der Waals surface area contributed by atoms with E-state index in [1.165, 1.54) is 0 Å². The van der Waals surface area contributed by atoms with E-state index in [1.54, 1.807) is 11.3 Å². The Bertz CT molecular complexity index is 1490. The smallest absolute Gasteiger partial charge is 0.270 e. The summed E-state index contributed by atoms with van der Waals surface area (Å²) in [4.78, 5) is 36.5. The van der Waals surface area contributed by atoms with Gasteiger partial charge in [0.1, 0.15) is 10.7 Å². The van der Waals surface area contributed by atoms with Gasteiger partial charge in [-0.1, -0.05) is 66.7 Å². The topological polar surface area (TPSA) is 87.7 Å². The average Bonchev–Trinajstić information content (AvgIpc) is 3.37. The number of aromatic nitrogens is 3. The summed E-state index contributed by atoms with van der Waals surface area (Å²) < 4.78 is 0. The molecule has 5 rings (SSSR count). The first kappa shape index (κ1) is 21.7. The summed E-state index contributed by atoms with van der Waals surface area (Å²) in [6.07, 6.45) is 0.493. The number of aryl methyl sites for hydroxylation is 1. The van der Waals surface area contributed by atoms with Crippen molar-refractivity contribution < 1.29 is 4.79 Å². The number of rotatable bonds is 7. The zero-order valence-corrected chi connectivity index (χ0v) is 19.1. The van der Waals surface area contributed by atoms with Crippen LogP contribution in [0.3, 0.4) is 0 Å². The van der Waals surface area contributed by atoms with Crippen molar-refractivity contribution in [1.29, 1.82) is 0 Å². The zero-order chi connectivity index (χ0) is 23.3. The van der Waals surface area contributed by atoms with E-state index in [0.717, 1.165) is 27.4 Å². The number of carbonyl (C=O) groups excluding carboxylic acids is 1. The fourth-order valence-electron chi connectivity index (χ4n) is 3.67. The fourth-order valence-corrected chi connectivity index (χ4v) is 4.51. The van der Waals surface area contributed by atoms with Crippen LogP contribution < -0.4 is 10.9 Å². The van der Waals surface area contributed by atoms with E-state index in [-0.39, 0.29) is 17.9 Å². The van der Waals surface area contributed by atoms with E-state index in [4.69, 9.17) is 4.98 Å². The van der Waals surface area contributed by atoms with Gasteiger partial charge >= 0.3 is 0 Å². The number of nitrogens with one attached hydrogen (secondary N) is 2. The largest absolute Gasteiger partial charge is 0.352 e. The summed E-state index contributed by atoms with van der Waals surface area (Å²) in [5, 5.41) is 5.94. The summed E-state index contributed by atoms with van der Waals surface area (Å²) in [5.41, 5.74) is 5.65. The summed E-state index contributed by atoms with van der Waals surface area (Å²) in [6, 6.07) is 25.5. The predicted octanol–water partition coefficient (Wildman–Crippen LogP) is 4.96. The van der Waals surface area contributed by atoms with Crippen LogP contribution in [0.25, 0.3) is 32.9 Å². The lowest BCUT2D eigenvalue weighted by Gasteiger charge is -2.06. The molecule has 1 amide bonds. The highest BCUT2D eigenvalue weighted by atomic mass is 32.1. The van der Waals surface area contributed by atoms with Gasteiger partial charge in [0.25, 0.3) is 5.56 Å². The van der Waals surface area contributed by atoms with Crippen molar-refractivity contribution in [3.63, 3.8) is 0 Å². The first-order chi connectivity index (χ1) is 16.7. The fraction of sp³-hybridized carbons (Fsp3) is 0.111. The van der Waals surface area contributed by atoms with E-state index in [9.17, 15) is 9.59 Å². The van der Waals surface area contributed by atoms with Crippen LogP contribution in [0.15, 0.2) is 89.0 Å². The van der Waals surface area contributed by atoms with Gasteiger partial charge in [0.15, 0.2) is 0 Å². The Labute approximate surface area is 200 Å². The molecule has 6 nitrogen and oxygen atoms in total. The molecular weight excluding hydrogens is 444 g/mol. The molecule has 0 unspecified atom stereocenters. The summed E-state index contributed by atoms with van der Waals surface area (Å²) in [6.45, 7) is 0.424. The molecule has 0 saturated heterocycles. The maximum atomic E-state index is 12.3. The second kappa shape index (κ2) is 9.80. The molecule has 0 aliphatic carbocycles. The van der Waals surface area contributed by atoms with Crippen molar-refractivity contribution >= 4 is 28.3 Å². The SMILES string of the molecule is O=C(CCc1nc2ccccc2[nH]c1=O)NCc1ccc(-c2nc(-c3ccccc3)cs2)cc1. The van der Waals surface area contributed by atoms with Crippen molar-refractivity contribution in [2.75, 3.05) is 0 Å². The number of benzene rings is 3. The van der Waals surface area contributed by atoms with Gasteiger partial charge in [0.2, 0.25) is 5.91 Å². The van der Waals surface area contributed by atoms with E-state index in [0.29, 0.717) is 29.7 Å². The number of para-hydroxylation sites is 2. The van der Waals surface area contributed by atoms with E-state index < -0.39 is 0 Å². The van der Waals surface area contributed by atoms with Crippen LogP contribution in [0.1, 0.15) is 17.7 Å². The molecule has 3 aromatic carbocycles. The van der Waals surface area contributed by atoms with Crippen LogP contribution >= 0.6 is 11.3 Å². The molecule has 2 aromatic heterocycles. The standard InChI is InChI=1S/C27H22N4O2S/c32-25(15-14-23-26(33)30-22-9-5-4-8-21(22)29-23)28-16-18-10-12-20(13-11-18)27-31-24(17-34-27)19-6-2-1-3-7-19/h1-13,17H,14-16H2,(H,28,32)(H,30,33). The van der Waals surface area contributed by atoms with Crippen molar-refractivity contribution in [3.8, 4) is 21.8 Å². The average molecular weight is 467 g/mol. The Morgan fingerprint density at radius 2 is 1.65 bits per heavy atom. The van der Waals surface area contributed by atoms with Crippen LogP contribution in [0.5, 0.6) is 0 Å². The Morgan fingerprint density at radius 3 is 2.47 bits per heavy atom. The zero-order valence-electron chi connectivity index (χ0n) is 18.3. The van der Waals surface area contributed by atoms with Crippen LogP contribution in [-0.4, -0.2) is 20.9 Å². The van der Waals surface area contributed by atoms with Gasteiger partial charge in [-0.15, -0.1) is 11.3 Å². The highest BCUT2D eigenvalue weighted by molar-refractivity contribution is 7.13. The number of H-pyrrole nitrogens is 1. The number of fused-ring (bicyclic) bond motifs is 1. The Balaban J connectivity index is 1.16. The van der Waals surface area contributed by atoms with Gasteiger partial charge in [0, 0.05) is 35.9 Å². The minimum absolute atomic E-state index is 0.120. The summed E-state index contributed by atoms with van der Waals surface area (Å²) in [5.74, 6) is -0.120. The third-order valence-electron chi connectivity index (χ3n) is 5.52. The number of carbonyl (C=O) groups is 1. The van der Waals surface area contributed by atoms with Crippen molar-refractivity contribution in [2.24, 2.45) is 0 Å². The van der Waals surface area contributed by atoms with Gasteiger partial charge in [-0.2, -0.15) is 0 Å². The van der Waals surface area contributed by atoms with E-state index >= 15 is 0 Å². The van der Waals surface area contributed by atoms with Crippen LogP contribution in [0, 0.1) is 0 Å². The summed E-state index contributed by atoms with van der Waals surface area (Å²) in [7, 11) is 0. The Hall–Kier alpha value is -4.10. The van der Waals surface area contributed by atoms with Crippen LogP contribution in [0.2, 0.25) is 0 Å². The number of hydrogen-bond acceptors (Lipinski definition) is 5. The monoisotopic (exact) mass is 466 g/mol. The molecule has 0 saturated carbocycles. The molecule has 34 heavy (non-hydrogen) atoms. The lowest BCUT2D eigenvalue weighted by atomic mass is 10.1. The molecule has 0 radical (unpaired) electrons. The van der Waals surface area contributed by atoms with Gasteiger partial charge < -0.3 is 10.3 Å². The summed E-state index contributed by atoms with van der Waals surface area (Å²) >= 11 is 1.61. The number of nitrogens with zero attached hydrogens (tertiary/aromatic N) is 2. The second-order valence-corrected chi connectivity index (χ2v) is 8.77. The highest BCUT2D eigenvalue weighted by Gasteiger charge is 2.09. The molecule has 0 aliphatic heterocycles. The first-order valence-electron chi connectivity index (χ1n) is 11.0. The minimum Gasteiger partial charge on any atom is -0.352 e. The van der Waals surface area contributed by atoms with Crippen molar-refractivity contribution in [2.45, 2.75) is 19.4 Å². The van der Waals surface area contributed by atoms with Crippen molar-refractivity contribution in [3.05, 3.63) is 106 Å². The number of hydrogen-bond donors (Lipinski definition) is 2. The molecule has 0 atom stereocenters. The van der Waals surface area contributed by atoms with E-state index in [1.807, 2.05) is 66.7 Å². The molecule has 0 spiro atoms.